The minimum Gasteiger partial charge on any atom is -0.377 e. The van der Waals surface area contributed by atoms with Crippen molar-refractivity contribution < 1.29 is 4.74 Å². The van der Waals surface area contributed by atoms with Gasteiger partial charge in [-0.25, -0.2) is 0 Å². The van der Waals surface area contributed by atoms with Crippen LogP contribution in [0.3, 0.4) is 0 Å². The first-order valence-corrected chi connectivity index (χ1v) is 8.23. The number of hydrogen-bond acceptors (Lipinski definition) is 3. The topological polar surface area (TPSA) is 24.5 Å². The predicted molar refractivity (Wildman–Crippen MR) is 88.7 cm³/mol. The Kier molecular flexibility index (Phi) is 6.22. The van der Waals surface area contributed by atoms with Crippen molar-refractivity contribution in [3.63, 3.8) is 0 Å². The Hall–Kier alpha value is -0.900. The number of likely N-dealkylation sites (N-methyl/N-ethyl adjacent to an activating group) is 1. The monoisotopic (exact) mass is 290 g/mol. The third kappa shape index (κ3) is 4.53. The average molecular weight is 290 g/mol. The van der Waals surface area contributed by atoms with Crippen LogP contribution in [-0.4, -0.2) is 43.8 Å². The number of rotatable bonds is 7. The molecule has 1 aliphatic rings. The molecule has 1 aromatic rings. The van der Waals surface area contributed by atoms with Gasteiger partial charge in [-0.2, -0.15) is 0 Å². The van der Waals surface area contributed by atoms with E-state index in [1.54, 1.807) is 0 Å². The minimum atomic E-state index is 0.368. The highest BCUT2D eigenvalue weighted by Crippen LogP contribution is 2.22. The Morgan fingerprint density at radius 1 is 1.33 bits per heavy atom. The Morgan fingerprint density at radius 2 is 2.05 bits per heavy atom. The molecule has 2 rings (SSSR count). The van der Waals surface area contributed by atoms with Crippen LogP contribution >= 0.6 is 0 Å². The van der Waals surface area contributed by atoms with Crippen molar-refractivity contribution in [2.45, 2.75) is 51.8 Å². The van der Waals surface area contributed by atoms with Crippen molar-refractivity contribution in [1.29, 1.82) is 0 Å². The van der Waals surface area contributed by atoms with Crippen LogP contribution in [0.4, 0.5) is 0 Å². The van der Waals surface area contributed by atoms with Gasteiger partial charge in [-0.05, 0) is 45.8 Å². The number of nitrogens with one attached hydrogen (secondary N) is 1. The molecule has 21 heavy (non-hydrogen) atoms. The third-order valence-electron chi connectivity index (χ3n) is 4.60. The summed E-state index contributed by atoms with van der Waals surface area (Å²) < 4.78 is 5.68. The number of ether oxygens (including phenoxy) is 1. The van der Waals surface area contributed by atoms with E-state index in [1.165, 1.54) is 11.1 Å². The zero-order chi connectivity index (χ0) is 15.2. The molecule has 0 bridgehead atoms. The van der Waals surface area contributed by atoms with Gasteiger partial charge in [-0.15, -0.1) is 0 Å². The molecule has 1 saturated heterocycles. The highest BCUT2D eigenvalue weighted by atomic mass is 16.5. The van der Waals surface area contributed by atoms with E-state index >= 15 is 0 Å². The van der Waals surface area contributed by atoms with Gasteiger partial charge in [0.2, 0.25) is 0 Å². The lowest BCUT2D eigenvalue weighted by molar-refractivity contribution is 0.0823. The summed E-state index contributed by atoms with van der Waals surface area (Å²) in [6.45, 7) is 9.52. The molecule has 3 heteroatoms. The summed E-state index contributed by atoms with van der Waals surface area (Å²) in [5.74, 6) is 0. The highest BCUT2D eigenvalue weighted by Gasteiger charge is 2.27. The van der Waals surface area contributed by atoms with Crippen LogP contribution in [0.15, 0.2) is 24.3 Å². The van der Waals surface area contributed by atoms with Gasteiger partial charge in [0.05, 0.1) is 6.10 Å². The third-order valence-corrected chi connectivity index (χ3v) is 4.60. The first kappa shape index (κ1) is 16.5. The maximum atomic E-state index is 5.68. The van der Waals surface area contributed by atoms with E-state index in [9.17, 15) is 0 Å². The number of aryl methyl sites for hydroxylation is 1. The van der Waals surface area contributed by atoms with Crippen molar-refractivity contribution in [1.82, 2.24) is 10.2 Å². The summed E-state index contributed by atoms with van der Waals surface area (Å²) in [6, 6.07) is 9.93. The van der Waals surface area contributed by atoms with Crippen molar-refractivity contribution in [2.75, 3.05) is 26.7 Å². The van der Waals surface area contributed by atoms with E-state index in [4.69, 9.17) is 4.74 Å². The van der Waals surface area contributed by atoms with E-state index in [-0.39, 0.29) is 0 Å². The largest absolute Gasteiger partial charge is 0.377 e. The van der Waals surface area contributed by atoms with Gasteiger partial charge < -0.3 is 15.0 Å². The lowest BCUT2D eigenvalue weighted by Crippen LogP contribution is -2.38. The molecular formula is C18H30N2O. The molecule has 3 atom stereocenters. The van der Waals surface area contributed by atoms with Crippen molar-refractivity contribution in [3.8, 4) is 0 Å². The Bertz CT molecular complexity index is 418. The van der Waals surface area contributed by atoms with E-state index in [0.717, 1.165) is 32.5 Å². The van der Waals surface area contributed by atoms with Gasteiger partial charge in [0.25, 0.3) is 0 Å². The molecule has 1 aromatic carbocycles. The number of nitrogens with zero attached hydrogens (tertiary/aromatic N) is 1. The molecule has 0 radical (unpaired) electrons. The molecule has 0 saturated carbocycles. The van der Waals surface area contributed by atoms with Crippen LogP contribution in [-0.2, 0) is 4.74 Å². The summed E-state index contributed by atoms with van der Waals surface area (Å²) in [5, 5.41) is 3.62. The summed E-state index contributed by atoms with van der Waals surface area (Å²) >= 11 is 0. The number of hydrogen-bond donors (Lipinski definition) is 1. The van der Waals surface area contributed by atoms with Gasteiger partial charge in [0.1, 0.15) is 0 Å². The van der Waals surface area contributed by atoms with Crippen LogP contribution in [0.1, 0.15) is 43.9 Å². The molecule has 0 spiro atoms. The second kappa shape index (κ2) is 7.92. The molecule has 0 aromatic heterocycles. The smallest absolute Gasteiger partial charge is 0.0702 e. The fourth-order valence-electron chi connectivity index (χ4n) is 3.23. The quantitative estimate of drug-likeness (QED) is 0.835. The normalized spacial score (nSPS) is 23.7. The summed E-state index contributed by atoms with van der Waals surface area (Å²) in [7, 11) is 2.23. The predicted octanol–water partition coefficient (Wildman–Crippen LogP) is 3.14. The molecule has 3 unspecified atom stereocenters. The fourth-order valence-corrected chi connectivity index (χ4v) is 3.23. The van der Waals surface area contributed by atoms with Crippen LogP contribution < -0.4 is 5.32 Å². The molecule has 1 aliphatic heterocycles. The fraction of sp³-hybridized carbons (Fsp3) is 0.667. The lowest BCUT2D eigenvalue weighted by Gasteiger charge is -2.28. The first-order valence-electron chi connectivity index (χ1n) is 8.23. The second-order valence-electron chi connectivity index (χ2n) is 6.22. The molecule has 118 valence electrons. The maximum Gasteiger partial charge on any atom is 0.0702 e. The summed E-state index contributed by atoms with van der Waals surface area (Å²) in [6.07, 6.45) is 2.66. The Labute approximate surface area is 129 Å². The molecular weight excluding hydrogens is 260 g/mol. The second-order valence-corrected chi connectivity index (χ2v) is 6.22. The van der Waals surface area contributed by atoms with Gasteiger partial charge in [-0.3, -0.25) is 0 Å². The van der Waals surface area contributed by atoms with Gasteiger partial charge in [0.15, 0.2) is 0 Å². The van der Waals surface area contributed by atoms with Crippen molar-refractivity contribution in [2.24, 2.45) is 0 Å². The highest BCUT2D eigenvalue weighted by molar-refractivity contribution is 5.24. The Morgan fingerprint density at radius 3 is 2.62 bits per heavy atom. The summed E-state index contributed by atoms with van der Waals surface area (Å²) in [4.78, 5) is 2.47. The average Bonchev–Trinajstić information content (AvgIpc) is 2.90. The van der Waals surface area contributed by atoms with E-state index in [0.29, 0.717) is 18.2 Å². The van der Waals surface area contributed by atoms with Crippen molar-refractivity contribution >= 4 is 0 Å². The van der Waals surface area contributed by atoms with Crippen LogP contribution in [0, 0.1) is 6.92 Å². The standard InChI is InChI=1S/C18H30N2O/c1-5-19-17(16-8-6-14(2)7-9-16)10-12-20(4)18-11-13-21-15(18)3/h6-9,15,17-19H,5,10-13H2,1-4H3. The van der Waals surface area contributed by atoms with Crippen molar-refractivity contribution in [3.05, 3.63) is 35.4 Å². The first-order chi connectivity index (χ1) is 10.1. The summed E-state index contributed by atoms with van der Waals surface area (Å²) in [5.41, 5.74) is 2.72. The van der Waals surface area contributed by atoms with E-state index in [1.807, 2.05) is 0 Å². The molecule has 1 N–H and O–H groups in total. The molecule has 3 nitrogen and oxygen atoms in total. The molecule has 0 amide bonds. The van der Waals surface area contributed by atoms with Gasteiger partial charge in [0, 0.05) is 25.2 Å². The zero-order valence-electron chi connectivity index (χ0n) is 13.9. The SMILES string of the molecule is CCNC(CCN(C)C1CCOC1C)c1ccc(C)cc1. The molecule has 1 fully saturated rings. The van der Waals surface area contributed by atoms with Crippen LogP contribution in [0.25, 0.3) is 0 Å². The Balaban J connectivity index is 1.92. The zero-order valence-corrected chi connectivity index (χ0v) is 13.9. The van der Waals surface area contributed by atoms with Gasteiger partial charge in [-0.1, -0.05) is 36.8 Å². The van der Waals surface area contributed by atoms with Crippen LogP contribution in [0.5, 0.6) is 0 Å². The maximum absolute atomic E-state index is 5.68. The molecule has 0 aliphatic carbocycles. The van der Waals surface area contributed by atoms with E-state index in [2.05, 4.69) is 62.3 Å². The van der Waals surface area contributed by atoms with E-state index < -0.39 is 0 Å². The van der Waals surface area contributed by atoms with Crippen LogP contribution in [0.2, 0.25) is 0 Å². The minimum absolute atomic E-state index is 0.368. The number of benzene rings is 1. The lowest BCUT2D eigenvalue weighted by atomic mass is 10.0. The van der Waals surface area contributed by atoms with Gasteiger partial charge >= 0.3 is 0 Å². The molecule has 1 heterocycles.